The second-order valence-corrected chi connectivity index (χ2v) is 3.43. The molecule has 1 aromatic heterocycles. The molecule has 0 saturated heterocycles. The Balaban J connectivity index is 2.52. The van der Waals surface area contributed by atoms with Crippen LogP contribution in [-0.4, -0.2) is 25.8 Å². The van der Waals surface area contributed by atoms with Gasteiger partial charge in [0, 0.05) is 5.02 Å². The lowest BCUT2D eigenvalue weighted by atomic mass is 10.3. The lowest BCUT2D eigenvalue weighted by Crippen LogP contribution is -2.03. The molecule has 1 heterocycles. The zero-order valence-electron chi connectivity index (χ0n) is 7.96. The molecule has 0 aliphatic rings. The zero-order valence-corrected chi connectivity index (χ0v) is 8.72. The molecule has 2 aromatic rings. The fraction of sp³-hybridized carbons (Fsp3) is 0. The summed E-state index contributed by atoms with van der Waals surface area (Å²) in [4.78, 5) is 14.2. The number of carbonyl (C=O) groups is 1. The van der Waals surface area contributed by atoms with Crippen molar-refractivity contribution in [3.05, 3.63) is 35.1 Å². The predicted molar refractivity (Wildman–Crippen MR) is 57.7 cm³/mol. The number of aromatic carboxylic acids is 1. The van der Waals surface area contributed by atoms with Crippen LogP contribution in [-0.2, 0) is 0 Å². The number of nitrogens with two attached hydrogens (primary N) is 1. The number of benzene rings is 1. The second kappa shape index (κ2) is 3.82. The number of rotatable bonds is 2. The first kappa shape index (κ1) is 10.4. The van der Waals surface area contributed by atoms with Gasteiger partial charge in [0.15, 0.2) is 0 Å². The number of halogens is 1. The monoisotopic (exact) mass is 238 g/mol. The van der Waals surface area contributed by atoms with Crippen molar-refractivity contribution in [2.45, 2.75) is 0 Å². The van der Waals surface area contributed by atoms with E-state index >= 15 is 0 Å². The summed E-state index contributed by atoms with van der Waals surface area (Å²) in [5, 5.41) is 13.0. The lowest BCUT2D eigenvalue weighted by molar-refractivity contribution is 0.0683. The highest BCUT2D eigenvalue weighted by atomic mass is 35.5. The van der Waals surface area contributed by atoms with Crippen molar-refractivity contribution in [1.82, 2.24) is 14.8 Å². The molecular weight excluding hydrogens is 232 g/mol. The molecule has 0 unspecified atom stereocenters. The Morgan fingerprint density at radius 3 is 2.81 bits per heavy atom. The third-order valence-corrected chi connectivity index (χ3v) is 2.11. The van der Waals surface area contributed by atoms with Crippen molar-refractivity contribution >= 4 is 23.5 Å². The average Bonchev–Trinajstić information content (AvgIpc) is 2.60. The van der Waals surface area contributed by atoms with E-state index in [0.29, 0.717) is 10.7 Å². The van der Waals surface area contributed by atoms with Gasteiger partial charge < -0.3 is 10.8 Å². The van der Waals surface area contributed by atoms with E-state index in [9.17, 15) is 4.79 Å². The Morgan fingerprint density at radius 2 is 2.25 bits per heavy atom. The summed E-state index contributed by atoms with van der Waals surface area (Å²) in [6.07, 6.45) is 0. The number of hydrogen-bond donors (Lipinski definition) is 2. The van der Waals surface area contributed by atoms with Crippen LogP contribution in [0.4, 0.5) is 5.95 Å². The van der Waals surface area contributed by atoms with Gasteiger partial charge in [-0.1, -0.05) is 17.7 Å². The van der Waals surface area contributed by atoms with E-state index in [1.165, 1.54) is 4.68 Å². The summed E-state index contributed by atoms with van der Waals surface area (Å²) in [5.41, 5.74) is 6.10. The van der Waals surface area contributed by atoms with Crippen LogP contribution in [0.1, 0.15) is 10.6 Å². The minimum absolute atomic E-state index is 0.000309. The highest BCUT2D eigenvalue weighted by Gasteiger charge is 2.14. The van der Waals surface area contributed by atoms with E-state index in [1.54, 1.807) is 24.3 Å². The molecule has 0 aliphatic carbocycles. The molecule has 7 heteroatoms. The van der Waals surface area contributed by atoms with E-state index in [2.05, 4.69) is 10.1 Å². The third kappa shape index (κ3) is 1.82. The number of carboxylic acid groups (broad SMARTS) is 1. The SMILES string of the molecule is Nc1nc(C(=O)O)nn1-c1cccc(Cl)c1. The van der Waals surface area contributed by atoms with Gasteiger partial charge in [-0.2, -0.15) is 9.67 Å². The first-order chi connectivity index (χ1) is 7.58. The molecule has 16 heavy (non-hydrogen) atoms. The molecule has 0 amide bonds. The van der Waals surface area contributed by atoms with Crippen molar-refractivity contribution in [2.75, 3.05) is 5.73 Å². The Bertz CT molecular complexity index is 552. The molecule has 0 saturated carbocycles. The first-order valence-corrected chi connectivity index (χ1v) is 4.67. The summed E-state index contributed by atoms with van der Waals surface area (Å²) in [6, 6.07) is 6.70. The predicted octanol–water partition coefficient (Wildman–Crippen LogP) is 1.20. The number of nitrogen functional groups attached to an aromatic ring is 1. The summed E-state index contributed by atoms with van der Waals surface area (Å²) in [6.45, 7) is 0. The number of nitrogens with zero attached hydrogens (tertiary/aromatic N) is 3. The quantitative estimate of drug-likeness (QED) is 0.820. The summed E-state index contributed by atoms with van der Waals surface area (Å²) in [5.74, 6) is -1.58. The lowest BCUT2D eigenvalue weighted by Gasteiger charge is -2.01. The van der Waals surface area contributed by atoms with Gasteiger partial charge in [-0.05, 0) is 18.2 Å². The third-order valence-electron chi connectivity index (χ3n) is 1.88. The van der Waals surface area contributed by atoms with Gasteiger partial charge in [0.2, 0.25) is 5.95 Å². The van der Waals surface area contributed by atoms with Crippen molar-refractivity contribution in [3.63, 3.8) is 0 Å². The topological polar surface area (TPSA) is 94.0 Å². The maximum absolute atomic E-state index is 10.6. The second-order valence-electron chi connectivity index (χ2n) is 2.99. The first-order valence-electron chi connectivity index (χ1n) is 4.29. The van der Waals surface area contributed by atoms with Crippen LogP contribution in [0.2, 0.25) is 5.02 Å². The largest absolute Gasteiger partial charge is 0.475 e. The normalized spacial score (nSPS) is 10.3. The summed E-state index contributed by atoms with van der Waals surface area (Å²) in [7, 11) is 0. The molecule has 1 aromatic carbocycles. The Kier molecular flexibility index (Phi) is 2.49. The van der Waals surface area contributed by atoms with E-state index < -0.39 is 5.97 Å². The molecular formula is C9H7ClN4O2. The minimum Gasteiger partial charge on any atom is -0.475 e. The van der Waals surface area contributed by atoms with Crippen LogP contribution in [0, 0.1) is 0 Å². The maximum atomic E-state index is 10.6. The smallest absolute Gasteiger partial charge is 0.375 e. The molecule has 0 atom stereocenters. The van der Waals surface area contributed by atoms with Crippen LogP contribution in [0.5, 0.6) is 0 Å². The van der Waals surface area contributed by atoms with Crippen LogP contribution in [0.25, 0.3) is 5.69 Å². The van der Waals surface area contributed by atoms with E-state index in [4.69, 9.17) is 22.4 Å². The Hall–Kier alpha value is -2.08. The molecule has 3 N–H and O–H groups in total. The number of anilines is 1. The molecule has 2 rings (SSSR count). The van der Waals surface area contributed by atoms with Gasteiger partial charge in [0.25, 0.3) is 5.82 Å². The standard InChI is InChI=1S/C9H7ClN4O2/c10-5-2-1-3-6(4-5)14-9(11)12-7(13-14)8(15)16/h1-4H,(H,15,16)(H2,11,12,13). The Morgan fingerprint density at radius 1 is 1.50 bits per heavy atom. The zero-order chi connectivity index (χ0) is 11.7. The van der Waals surface area contributed by atoms with E-state index in [0.717, 1.165) is 0 Å². The number of carboxylic acids is 1. The van der Waals surface area contributed by atoms with Crippen molar-refractivity contribution < 1.29 is 9.90 Å². The van der Waals surface area contributed by atoms with Gasteiger partial charge in [0.05, 0.1) is 5.69 Å². The molecule has 6 nitrogen and oxygen atoms in total. The van der Waals surface area contributed by atoms with Crippen molar-refractivity contribution in [1.29, 1.82) is 0 Å². The van der Waals surface area contributed by atoms with E-state index in [1.807, 2.05) is 0 Å². The molecule has 0 spiro atoms. The fourth-order valence-electron chi connectivity index (χ4n) is 1.21. The van der Waals surface area contributed by atoms with Crippen molar-refractivity contribution in [3.8, 4) is 5.69 Å². The van der Waals surface area contributed by atoms with Crippen LogP contribution in [0.3, 0.4) is 0 Å². The Labute approximate surface area is 95.3 Å². The number of aromatic nitrogens is 3. The van der Waals surface area contributed by atoms with Gasteiger partial charge in [0.1, 0.15) is 0 Å². The molecule has 82 valence electrons. The van der Waals surface area contributed by atoms with Crippen molar-refractivity contribution in [2.24, 2.45) is 0 Å². The molecule has 0 bridgehead atoms. The fourth-order valence-corrected chi connectivity index (χ4v) is 1.40. The van der Waals surface area contributed by atoms with E-state index in [-0.39, 0.29) is 11.8 Å². The van der Waals surface area contributed by atoms with Crippen LogP contribution in [0.15, 0.2) is 24.3 Å². The summed E-state index contributed by atoms with van der Waals surface area (Å²) >= 11 is 5.80. The summed E-state index contributed by atoms with van der Waals surface area (Å²) < 4.78 is 1.22. The number of hydrogen-bond acceptors (Lipinski definition) is 4. The van der Waals surface area contributed by atoms with Gasteiger partial charge in [-0.25, -0.2) is 4.79 Å². The average molecular weight is 239 g/mol. The minimum atomic E-state index is -1.23. The van der Waals surface area contributed by atoms with Gasteiger partial charge >= 0.3 is 5.97 Å². The van der Waals surface area contributed by atoms with Crippen LogP contribution < -0.4 is 5.73 Å². The highest BCUT2D eigenvalue weighted by Crippen LogP contribution is 2.16. The van der Waals surface area contributed by atoms with Crippen LogP contribution >= 0.6 is 11.6 Å². The molecule has 0 aliphatic heterocycles. The highest BCUT2D eigenvalue weighted by molar-refractivity contribution is 6.30. The maximum Gasteiger partial charge on any atom is 0.375 e. The molecule has 0 radical (unpaired) electrons. The van der Waals surface area contributed by atoms with Gasteiger partial charge in [-0.15, -0.1) is 5.10 Å². The van der Waals surface area contributed by atoms with Gasteiger partial charge in [-0.3, -0.25) is 0 Å². The molecule has 0 fully saturated rings.